The van der Waals surface area contributed by atoms with E-state index in [1.807, 2.05) is 6.92 Å². The third-order valence-corrected chi connectivity index (χ3v) is 1.72. The molecule has 0 aliphatic heterocycles. The van der Waals surface area contributed by atoms with Gasteiger partial charge in [-0.05, 0) is 13.0 Å². The minimum absolute atomic E-state index is 0.127. The SMILES string of the molecule is CCOCCC(=O)c1cc[c]cc1. The molecule has 0 N–H and O–H groups in total. The van der Waals surface area contributed by atoms with Crippen molar-refractivity contribution in [2.45, 2.75) is 13.3 Å². The van der Waals surface area contributed by atoms with Crippen molar-refractivity contribution in [2.24, 2.45) is 0 Å². The number of benzene rings is 1. The molecule has 0 aromatic heterocycles. The maximum Gasteiger partial charge on any atom is 0.165 e. The van der Waals surface area contributed by atoms with Crippen LogP contribution in [0.25, 0.3) is 0 Å². The predicted octanol–water partition coefficient (Wildman–Crippen LogP) is 2.10. The summed E-state index contributed by atoms with van der Waals surface area (Å²) >= 11 is 0. The molecule has 0 saturated heterocycles. The molecular weight excluding hydrogens is 164 g/mol. The zero-order valence-corrected chi connectivity index (χ0v) is 7.75. The maximum atomic E-state index is 11.4. The van der Waals surface area contributed by atoms with Crippen molar-refractivity contribution in [2.75, 3.05) is 13.2 Å². The Morgan fingerprint density at radius 3 is 2.77 bits per heavy atom. The van der Waals surface area contributed by atoms with Crippen LogP contribution in [0.15, 0.2) is 24.3 Å². The maximum absolute atomic E-state index is 11.4. The second kappa shape index (κ2) is 5.49. The van der Waals surface area contributed by atoms with Crippen molar-refractivity contribution in [1.29, 1.82) is 0 Å². The van der Waals surface area contributed by atoms with Crippen LogP contribution in [0.1, 0.15) is 23.7 Å². The lowest BCUT2D eigenvalue weighted by atomic mass is 10.1. The molecule has 13 heavy (non-hydrogen) atoms. The van der Waals surface area contributed by atoms with E-state index in [0.29, 0.717) is 19.6 Å². The Morgan fingerprint density at radius 2 is 2.15 bits per heavy atom. The smallest absolute Gasteiger partial charge is 0.165 e. The second-order valence-electron chi connectivity index (χ2n) is 2.66. The fraction of sp³-hybridized carbons (Fsp3) is 0.364. The zero-order valence-electron chi connectivity index (χ0n) is 7.75. The van der Waals surface area contributed by atoms with Crippen molar-refractivity contribution in [3.63, 3.8) is 0 Å². The van der Waals surface area contributed by atoms with Gasteiger partial charge in [-0.2, -0.15) is 0 Å². The van der Waals surface area contributed by atoms with Gasteiger partial charge in [-0.15, -0.1) is 0 Å². The summed E-state index contributed by atoms with van der Waals surface area (Å²) in [5.74, 6) is 0.127. The van der Waals surface area contributed by atoms with E-state index in [1.165, 1.54) is 0 Å². The van der Waals surface area contributed by atoms with E-state index in [-0.39, 0.29) is 5.78 Å². The number of ether oxygens (including phenoxy) is 1. The van der Waals surface area contributed by atoms with Gasteiger partial charge in [0.15, 0.2) is 5.78 Å². The summed E-state index contributed by atoms with van der Waals surface area (Å²) in [7, 11) is 0. The highest BCUT2D eigenvalue weighted by molar-refractivity contribution is 5.95. The fourth-order valence-corrected chi connectivity index (χ4v) is 1.03. The van der Waals surface area contributed by atoms with E-state index in [2.05, 4.69) is 6.07 Å². The molecule has 2 nitrogen and oxygen atoms in total. The first-order chi connectivity index (χ1) is 6.34. The number of rotatable bonds is 5. The van der Waals surface area contributed by atoms with Crippen molar-refractivity contribution in [3.8, 4) is 0 Å². The quantitative estimate of drug-likeness (QED) is 0.508. The first-order valence-electron chi connectivity index (χ1n) is 4.41. The molecule has 0 aliphatic rings. The van der Waals surface area contributed by atoms with Crippen LogP contribution in [0.5, 0.6) is 0 Å². The first-order valence-corrected chi connectivity index (χ1v) is 4.41. The Kier molecular flexibility index (Phi) is 4.19. The molecule has 2 heteroatoms. The molecule has 0 heterocycles. The first kappa shape index (κ1) is 9.93. The average molecular weight is 177 g/mol. The predicted molar refractivity (Wildman–Crippen MR) is 50.7 cm³/mol. The van der Waals surface area contributed by atoms with Gasteiger partial charge < -0.3 is 4.74 Å². The summed E-state index contributed by atoms with van der Waals surface area (Å²) in [5, 5.41) is 0. The largest absolute Gasteiger partial charge is 0.381 e. The molecule has 0 unspecified atom stereocenters. The van der Waals surface area contributed by atoms with Crippen LogP contribution in [-0.2, 0) is 4.74 Å². The molecule has 0 fully saturated rings. The second-order valence-corrected chi connectivity index (χ2v) is 2.66. The number of Topliss-reactive ketones (excluding diaryl/α,β-unsaturated/α-hetero) is 1. The molecule has 0 amide bonds. The number of carbonyl (C=O) groups is 1. The van der Waals surface area contributed by atoms with Crippen molar-refractivity contribution < 1.29 is 9.53 Å². The molecule has 0 bridgehead atoms. The lowest BCUT2D eigenvalue weighted by Gasteiger charge is -2.00. The highest BCUT2D eigenvalue weighted by atomic mass is 16.5. The lowest BCUT2D eigenvalue weighted by Crippen LogP contribution is -2.04. The monoisotopic (exact) mass is 177 g/mol. The van der Waals surface area contributed by atoms with Gasteiger partial charge >= 0.3 is 0 Å². The summed E-state index contributed by atoms with van der Waals surface area (Å²) in [5.41, 5.74) is 0.735. The number of ketones is 1. The van der Waals surface area contributed by atoms with Crippen LogP contribution >= 0.6 is 0 Å². The van der Waals surface area contributed by atoms with Crippen molar-refractivity contribution >= 4 is 5.78 Å². The third-order valence-electron chi connectivity index (χ3n) is 1.72. The van der Waals surface area contributed by atoms with Gasteiger partial charge in [-0.3, -0.25) is 4.79 Å². The van der Waals surface area contributed by atoms with Gasteiger partial charge in [0.2, 0.25) is 0 Å². The van der Waals surface area contributed by atoms with Gasteiger partial charge in [0.25, 0.3) is 0 Å². The zero-order chi connectivity index (χ0) is 9.52. The van der Waals surface area contributed by atoms with E-state index in [0.717, 1.165) is 5.56 Å². The van der Waals surface area contributed by atoms with Gasteiger partial charge in [0.1, 0.15) is 0 Å². The highest BCUT2D eigenvalue weighted by Gasteiger charge is 2.03. The number of carbonyl (C=O) groups excluding carboxylic acids is 1. The molecule has 0 spiro atoms. The highest BCUT2D eigenvalue weighted by Crippen LogP contribution is 2.02. The number of hydrogen-bond donors (Lipinski definition) is 0. The van der Waals surface area contributed by atoms with E-state index in [9.17, 15) is 4.79 Å². The van der Waals surface area contributed by atoms with Crippen molar-refractivity contribution in [1.82, 2.24) is 0 Å². The molecule has 1 aromatic rings. The van der Waals surface area contributed by atoms with Gasteiger partial charge in [-0.25, -0.2) is 0 Å². The Balaban J connectivity index is 2.40. The van der Waals surface area contributed by atoms with Crippen LogP contribution in [0.3, 0.4) is 0 Å². The minimum atomic E-state index is 0.127. The lowest BCUT2D eigenvalue weighted by molar-refractivity contribution is 0.0896. The molecule has 1 aromatic carbocycles. The number of hydrogen-bond acceptors (Lipinski definition) is 2. The summed E-state index contributed by atoms with van der Waals surface area (Å²) in [6.07, 6.45) is 0.456. The van der Waals surface area contributed by atoms with Crippen molar-refractivity contribution in [3.05, 3.63) is 35.9 Å². The van der Waals surface area contributed by atoms with E-state index in [1.54, 1.807) is 24.3 Å². The molecule has 69 valence electrons. The van der Waals surface area contributed by atoms with Crippen LogP contribution in [0.4, 0.5) is 0 Å². The molecular formula is C11H13O2. The topological polar surface area (TPSA) is 26.3 Å². The standard InChI is InChI=1S/C11H13O2/c1-2-13-9-8-11(12)10-6-4-3-5-7-10/h4-7H,2,8-9H2,1H3. The minimum Gasteiger partial charge on any atom is -0.381 e. The summed E-state index contributed by atoms with van der Waals surface area (Å²) in [6.45, 7) is 3.09. The molecule has 1 rings (SSSR count). The third kappa shape index (κ3) is 3.38. The van der Waals surface area contributed by atoms with Crippen LogP contribution in [0, 0.1) is 6.07 Å². The van der Waals surface area contributed by atoms with Crippen LogP contribution in [-0.4, -0.2) is 19.0 Å². The normalized spacial score (nSPS) is 9.92. The molecule has 0 saturated carbocycles. The van der Waals surface area contributed by atoms with Crippen LogP contribution in [0.2, 0.25) is 0 Å². The summed E-state index contributed by atoms with van der Waals surface area (Å²) < 4.78 is 5.10. The summed E-state index contributed by atoms with van der Waals surface area (Å²) in [6, 6.07) is 9.90. The Labute approximate surface area is 78.5 Å². The fourth-order valence-electron chi connectivity index (χ4n) is 1.03. The summed E-state index contributed by atoms with van der Waals surface area (Å²) in [4.78, 5) is 11.4. The van der Waals surface area contributed by atoms with Gasteiger partial charge in [-0.1, -0.05) is 24.3 Å². The Morgan fingerprint density at radius 1 is 1.46 bits per heavy atom. The van der Waals surface area contributed by atoms with E-state index < -0.39 is 0 Å². The molecule has 0 aliphatic carbocycles. The Bertz CT molecular complexity index is 254. The van der Waals surface area contributed by atoms with Gasteiger partial charge in [0.05, 0.1) is 6.61 Å². The van der Waals surface area contributed by atoms with E-state index >= 15 is 0 Å². The average Bonchev–Trinajstić information content (AvgIpc) is 2.19. The van der Waals surface area contributed by atoms with Crippen LogP contribution < -0.4 is 0 Å². The van der Waals surface area contributed by atoms with Gasteiger partial charge in [0, 0.05) is 18.6 Å². The Hall–Kier alpha value is -1.15. The molecule has 0 atom stereocenters. The molecule has 1 radical (unpaired) electrons. The van der Waals surface area contributed by atoms with E-state index in [4.69, 9.17) is 4.74 Å².